The average Bonchev–Trinajstić information content (AvgIpc) is 2.81. The lowest BCUT2D eigenvalue weighted by Gasteiger charge is -2.21. The summed E-state index contributed by atoms with van der Waals surface area (Å²) in [6.07, 6.45) is -0.0483. The second-order valence-electron chi connectivity index (χ2n) is 4.27. The van der Waals surface area contributed by atoms with Crippen LogP contribution in [0, 0.1) is 0 Å². The largest absolute Gasteiger partial charge is 0.436 e. The summed E-state index contributed by atoms with van der Waals surface area (Å²) >= 11 is 0. The normalized spacial score (nSPS) is 16.8. The molecule has 9 heteroatoms. The number of nitrogens with two attached hydrogens (primary N) is 1. The van der Waals surface area contributed by atoms with E-state index in [2.05, 4.69) is 15.7 Å². The molecule has 1 atom stereocenters. The molecule has 9 nitrogen and oxygen atoms in total. The number of carbonyl (C=O) groups excluding carboxylic acids is 2. The van der Waals surface area contributed by atoms with E-state index >= 15 is 0 Å². The molecule has 3 amide bonds. The predicted octanol–water partition coefficient (Wildman–Crippen LogP) is -0.123. The molecule has 0 spiro atoms. The minimum Gasteiger partial charge on any atom is -0.436 e. The Morgan fingerprint density at radius 3 is 2.81 bits per heavy atom. The zero-order valence-corrected chi connectivity index (χ0v) is 11.4. The van der Waals surface area contributed by atoms with Gasteiger partial charge in [-0.2, -0.15) is 0 Å². The molecular formula is C12H16N6O3. The number of amides is 3. The van der Waals surface area contributed by atoms with Crippen molar-refractivity contribution in [3.8, 4) is 0 Å². The van der Waals surface area contributed by atoms with Crippen molar-refractivity contribution in [3.05, 3.63) is 29.8 Å². The van der Waals surface area contributed by atoms with Gasteiger partial charge in [0.05, 0.1) is 6.54 Å². The van der Waals surface area contributed by atoms with Crippen molar-refractivity contribution in [2.75, 3.05) is 5.32 Å². The molecule has 112 valence electrons. The van der Waals surface area contributed by atoms with Gasteiger partial charge >= 0.3 is 6.03 Å². The standard InChI is InChI=1S/C12H16N6O3/c1-8-17-18(12(21-8)14-7-19)6-9-2-4-10(5-3-9)15-11(20)16-13/h2-5,7,12H,6,13H2,1H3,(H,14,19)(H2,15,16,20). The van der Waals surface area contributed by atoms with Crippen molar-refractivity contribution < 1.29 is 14.3 Å². The summed E-state index contributed by atoms with van der Waals surface area (Å²) in [5.41, 5.74) is 3.53. The van der Waals surface area contributed by atoms with Gasteiger partial charge in [0.1, 0.15) is 0 Å². The van der Waals surface area contributed by atoms with Gasteiger partial charge in [-0.1, -0.05) is 12.1 Å². The molecule has 1 aromatic rings. The molecule has 0 saturated carbocycles. The summed E-state index contributed by atoms with van der Waals surface area (Å²) in [5.74, 6) is 5.46. The molecule has 1 unspecified atom stereocenters. The molecule has 0 aliphatic carbocycles. The van der Waals surface area contributed by atoms with Gasteiger partial charge < -0.3 is 15.4 Å². The van der Waals surface area contributed by atoms with Crippen LogP contribution in [0.1, 0.15) is 12.5 Å². The Kier molecular flexibility index (Phi) is 4.57. The first-order valence-corrected chi connectivity index (χ1v) is 6.17. The van der Waals surface area contributed by atoms with E-state index in [0.717, 1.165) is 5.56 Å². The second kappa shape index (κ2) is 6.57. The maximum Gasteiger partial charge on any atom is 0.333 e. The second-order valence-corrected chi connectivity index (χ2v) is 4.27. The number of ether oxygens (including phenoxy) is 1. The molecule has 0 saturated heterocycles. The van der Waals surface area contributed by atoms with E-state index in [-0.39, 0.29) is 0 Å². The first kappa shape index (κ1) is 14.6. The Balaban J connectivity index is 1.99. The minimum atomic E-state index is -0.608. The number of nitrogens with zero attached hydrogens (tertiary/aromatic N) is 2. The minimum absolute atomic E-state index is 0.451. The number of benzene rings is 1. The third-order valence-corrected chi connectivity index (χ3v) is 2.72. The number of rotatable bonds is 5. The van der Waals surface area contributed by atoms with Crippen molar-refractivity contribution in [1.82, 2.24) is 15.8 Å². The molecule has 1 aromatic carbocycles. The van der Waals surface area contributed by atoms with Gasteiger partial charge in [-0.25, -0.2) is 15.6 Å². The number of hydrogen-bond donors (Lipinski definition) is 4. The van der Waals surface area contributed by atoms with Crippen LogP contribution >= 0.6 is 0 Å². The fourth-order valence-electron chi connectivity index (χ4n) is 1.82. The lowest BCUT2D eigenvalue weighted by Crippen LogP contribution is -2.40. The van der Waals surface area contributed by atoms with E-state index < -0.39 is 12.4 Å². The van der Waals surface area contributed by atoms with Crippen molar-refractivity contribution >= 4 is 24.0 Å². The number of nitrogens with one attached hydrogen (secondary N) is 3. The summed E-state index contributed by atoms with van der Waals surface area (Å²) in [4.78, 5) is 21.6. The van der Waals surface area contributed by atoms with Crippen LogP contribution in [0.5, 0.6) is 0 Å². The number of hydrogen-bond acceptors (Lipinski definition) is 6. The van der Waals surface area contributed by atoms with Crippen molar-refractivity contribution in [1.29, 1.82) is 0 Å². The molecule has 5 N–H and O–H groups in total. The van der Waals surface area contributed by atoms with Gasteiger partial charge in [0.15, 0.2) is 0 Å². The lowest BCUT2D eigenvalue weighted by atomic mass is 10.2. The monoisotopic (exact) mass is 292 g/mol. The van der Waals surface area contributed by atoms with E-state index in [4.69, 9.17) is 10.6 Å². The first-order chi connectivity index (χ1) is 10.1. The Hall–Kier alpha value is -2.81. The number of urea groups is 1. The highest BCUT2D eigenvalue weighted by atomic mass is 16.5. The van der Waals surface area contributed by atoms with Crippen molar-refractivity contribution in [3.63, 3.8) is 0 Å². The average molecular weight is 292 g/mol. The SMILES string of the molecule is CC1=NN(Cc2ccc(NC(=O)NN)cc2)C(NC=O)O1. The fourth-order valence-corrected chi connectivity index (χ4v) is 1.82. The molecule has 2 rings (SSSR count). The lowest BCUT2D eigenvalue weighted by molar-refractivity contribution is -0.114. The Bertz CT molecular complexity index is 544. The molecule has 1 heterocycles. The van der Waals surface area contributed by atoms with E-state index in [0.29, 0.717) is 24.5 Å². The van der Waals surface area contributed by atoms with E-state index in [9.17, 15) is 9.59 Å². The van der Waals surface area contributed by atoms with Gasteiger partial charge in [-0.05, 0) is 17.7 Å². The van der Waals surface area contributed by atoms with Crippen LogP contribution in [-0.2, 0) is 16.1 Å². The number of hydrazone groups is 1. The van der Waals surface area contributed by atoms with Crippen molar-refractivity contribution in [2.45, 2.75) is 19.8 Å². The van der Waals surface area contributed by atoms with Crippen LogP contribution in [0.4, 0.5) is 10.5 Å². The quantitative estimate of drug-likeness (QED) is 0.261. The summed E-state index contributed by atoms with van der Waals surface area (Å²) in [5, 5.41) is 10.9. The van der Waals surface area contributed by atoms with Gasteiger partial charge in [-0.3, -0.25) is 10.2 Å². The van der Waals surface area contributed by atoms with Gasteiger partial charge in [0.25, 0.3) is 6.35 Å². The van der Waals surface area contributed by atoms with Gasteiger partial charge in [-0.15, -0.1) is 5.10 Å². The van der Waals surface area contributed by atoms with Crippen molar-refractivity contribution in [2.24, 2.45) is 10.9 Å². The number of anilines is 1. The maximum absolute atomic E-state index is 11.1. The maximum atomic E-state index is 11.1. The molecule has 21 heavy (non-hydrogen) atoms. The van der Waals surface area contributed by atoms with Crippen LogP contribution in [0.15, 0.2) is 29.4 Å². The van der Waals surface area contributed by atoms with Crippen LogP contribution in [-0.4, -0.2) is 29.7 Å². The Labute approximate surface area is 121 Å². The summed E-state index contributed by atoms with van der Waals surface area (Å²) in [6.45, 7) is 2.16. The highest BCUT2D eigenvalue weighted by Crippen LogP contribution is 2.16. The number of hydrazine groups is 1. The van der Waals surface area contributed by atoms with Crippen LogP contribution in [0.2, 0.25) is 0 Å². The highest BCUT2D eigenvalue weighted by molar-refractivity contribution is 5.88. The summed E-state index contributed by atoms with van der Waals surface area (Å²) < 4.78 is 5.33. The van der Waals surface area contributed by atoms with E-state index in [1.54, 1.807) is 24.1 Å². The molecular weight excluding hydrogens is 276 g/mol. The summed E-state index contributed by atoms with van der Waals surface area (Å²) in [7, 11) is 0. The molecule has 0 fully saturated rings. The molecule has 0 aromatic heterocycles. The van der Waals surface area contributed by atoms with Crippen LogP contribution < -0.4 is 21.9 Å². The topological polar surface area (TPSA) is 121 Å². The van der Waals surface area contributed by atoms with E-state index in [1.165, 1.54) is 0 Å². The van der Waals surface area contributed by atoms with Gasteiger partial charge in [0, 0.05) is 12.6 Å². The van der Waals surface area contributed by atoms with Crippen LogP contribution in [0.25, 0.3) is 0 Å². The summed E-state index contributed by atoms with van der Waals surface area (Å²) in [6, 6.07) is 6.63. The highest BCUT2D eigenvalue weighted by Gasteiger charge is 2.24. The zero-order valence-electron chi connectivity index (χ0n) is 11.4. The third-order valence-electron chi connectivity index (χ3n) is 2.72. The Morgan fingerprint density at radius 2 is 2.19 bits per heavy atom. The number of carbonyl (C=O) groups is 2. The third kappa shape index (κ3) is 3.83. The van der Waals surface area contributed by atoms with Crippen LogP contribution in [0.3, 0.4) is 0 Å². The Morgan fingerprint density at radius 1 is 1.48 bits per heavy atom. The smallest absolute Gasteiger partial charge is 0.333 e. The molecule has 0 radical (unpaired) electrons. The zero-order chi connectivity index (χ0) is 15.2. The predicted molar refractivity (Wildman–Crippen MR) is 75.5 cm³/mol. The molecule has 1 aliphatic rings. The van der Waals surface area contributed by atoms with E-state index in [1.807, 2.05) is 17.6 Å². The first-order valence-electron chi connectivity index (χ1n) is 6.17. The molecule has 1 aliphatic heterocycles. The van der Waals surface area contributed by atoms with Gasteiger partial charge in [0.2, 0.25) is 12.3 Å². The molecule has 0 bridgehead atoms. The fraction of sp³-hybridized carbons (Fsp3) is 0.250.